The van der Waals surface area contributed by atoms with Gasteiger partial charge in [0.1, 0.15) is 0 Å². The van der Waals surface area contributed by atoms with Crippen molar-refractivity contribution in [2.24, 2.45) is 0 Å². The minimum atomic E-state index is -0.0282. The van der Waals surface area contributed by atoms with Crippen LogP contribution in [0.1, 0.15) is 38.7 Å². The number of carbonyl (C=O) groups excluding carboxylic acids is 2. The molecule has 1 aromatic carbocycles. The van der Waals surface area contributed by atoms with Crippen molar-refractivity contribution in [1.29, 1.82) is 0 Å². The van der Waals surface area contributed by atoms with Crippen molar-refractivity contribution in [3.8, 4) is 0 Å². The first-order chi connectivity index (χ1) is 9.95. The summed E-state index contributed by atoms with van der Waals surface area (Å²) in [5.41, 5.74) is 1.93. The first-order valence-electron chi connectivity index (χ1n) is 7.26. The number of halogens is 1. The molecule has 0 saturated carbocycles. The first kappa shape index (κ1) is 17.7. The molecule has 4 nitrogen and oxygen atoms in total. The van der Waals surface area contributed by atoms with Gasteiger partial charge < -0.3 is 10.2 Å². The summed E-state index contributed by atoms with van der Waals surface area (Å²) in [4.78, 5) is 25.0. The first-order valence-corrected chi connectivity index (χ1v) is 8.06. The van der Waals surface area contributed by atoms with E-state index in [1.54, 1.807) is 4.90 Å². The summed E-state index contributed by atoms with van der Waals surface area (Å²) in [5.74, 6) is 0.0202. The molecule has 0 aromatic heterocycles. The second-order valence-electron chi connectivity index (χ2n) is 5.06. The quantitative estimate of drug-likeness (QED) is 0.815. The Morgan fingerprint density at radius 3 is 2.62 bits per heavy atom. The van der Waals surface area contributed by atoms with Crippen molar-refractivity contribution in [3.63, 3.8) is 0 Å². The fourth-order valence-corrected chi connectivity index (χ4v) is 2.24. The lowest BCUT2D eigenvalue weighted by Gasteiger charge is -2.22. The van der Waals surface area contributed by atoms with Crippen LogP contribution in [0.15, 0.2) is 22.7 Å². The topological polar surface area (TPSA) is 49.4 Å². The van der Waals surface area contributed by atoms with Crippen LogP contribution in [0.25, 0.3) is 0 Å². The van der Waals surface area contributed by atoms with Crippen molar-refractivity contribution < 1.29 is 9.59 Å². The van der Waals surface area contributed by atoms with E-state index in [-0.39, 0.29) is 11.8 Å². The highest BCUT2D eigenvalue weighted by Crippen LogP contribution is 2.22. The summed E-state index contributed by atoms with van der Waals surface area (Å²) < 4.78 is 1.02. The van der Waals surface area contributed by atoms with Crippen LogP contribution in [0.4, 0.5) is 5.69 Å². The van der Waals surface area contributed by atoms with E-state index in [9.17, 15) is 9.59 Å². The summed E-state index contributed by atoms with van der Waals surface area (Å²) in [6, 6.07) is 5.79. The number of rotatable bonds is 7. The van der Waals surface area contributed by atoms with Gasteiger partial charge in [-0.25, -0.2) is 0 Å². The zero-order valence-corrected chi connectivity index (χ0v) is 14.5. The Morgan fingerprint density at radius 2 is 2.05 bits per heavy atom. The van der Waals surface area contributed by atoms with Crippen LogP contribution in [-0.4, -0.2) is 24.9 Å². The molecule has 21 heavy (non-hydrogen) atoms. The summed E-state index contributed by atoms with van der Waals surface area (Å²) >= 11 is 3.45. The van der Waals surface area contributed by atoms with Crippen molar-refractivity contribution in [3.05, 3.63) is 28.2 Å². The van der Waals surface area contributed by atoms with Crippen LogP contribution < -0.4 is 10.2 Å². The van der Waals surface area contributed by atoms with E-state index in [0.29, 0.717) is 19.5 Å². The number of unbranched alkanes of at least 4 members (excludes halogenated alkanes) is 1. The number of carbonyl (C=O) groups is 2. The van der Waals surface area contributed by atoms with Crippen LogP contribution in [-0.2, 0) is 9.59 Å². The Morgan fingerprint density at radius 1 is 1.33 bits per heavy atom. The van der Waals surface area contributed by atoms with Gasteiger partial charge in [-0.05, 0) is 37.1 Å². The molecule has 0 aliphatic carbocycles. The zero-order chi connectivity index (χ0) is 15.8. The van der Waals surface area contributed by atoms with Gasteiger partial charge in [0.25, 0.3) is 0 Å². The molecule has 1 aromatic rings. The van der Waals surface area contributed by atoms with Crippen molar-refractivity contribution in [2.45, 2.75) is 40.0 Å². The molecule has 0 radical (unpaired) electrons. The van der Waals surface area contributed by atoms with Gasteiger partial charge >= 0.3 is 0 Å². The van der Waals surface area contributed by atoms with Gasteiger partial charge in [-0.15, -0.1) is 0 Å². The molecule has 0 saturated heterocycles. The zero-order valence-electron chi connectivity index (χ0n) is 12.9. The molecule has 0 spiro atoms. The number of nitrogens with one attached hydrogen (secondary N) is 1. The summed E-state index contributed by atoms with van der Waals surface area (Å²) in [5, 5.41) is 2.86. The molecule has 0 heterocycles. The molecular weight excluding hydrogens is 332 g/mol. The summed E-state index contributed by atoms with van der Waals surface area (Å²) in [7, 11) is 0. The number of anilines is 1. The van der Waals surface area contributed by atoms with Gasteiger partial charge in [0.2, 0.25) is 11.8 Å². The molecule has 2 amide bonds. The third-order valence-electron chi connectivity index (χ3n) is 3.25. The number of hydrogen-bond donors (Lipinski definition) is 1. The highest BCUT2D eigenvalue weighted by molar-refractivity contribution is 9.10. The Hall–Kier alpha value is -1.36. The average Bonchev–Trinajstić information content (AvgIpc) is 2.44. The van der Waals surface area contributed by atoms with E-state index in [1.165, 1.54) is 6.92 Å². The summed E-state index contributed by atoms with van der Waals surface area (Å²) in [6.07, 6.45) is 2.45. The average molecular weight is 355 g/mol. The number of nitrogens with zero attached hydrogens (tertiary/aromatic N) is 1. The predicted molar refractivity (Wildman–Crippen MR) is 89.4 cm³/mol. The smallest absolute Gasteiger partial charge is 0.223 e. The van der Waals surface area contributed by atoms with Crippen LogP contribution in [0, 0.1) is 6.92 Å². The molecule has 1 rings (SSSR count). The maximum Gasteiger partial charge on any atom is 0.223 e. The SMILES string of the molecule is CCCCC(=O)NCCN(C(C)=O)c1ccc(Br)c(C)c1. The van der Waals surface area contributed by atoms with E-state index in [0.717, 1.165) is 28.6 Å². The molecular formula is C16H23BrN2O2. The van der Waals surface area contributed by atoms with Gasteiger partial charge in [0.15, 0.2) is 0 Å². The van der Waals surface area contributed by atoms with E-state index < -0.39 is 0 Å². The largest absolute Gasteiger partial charge is 0.354 e. The monoisotopic (exact) mass is 354 g/mol. The van der Waals surface area contributed by atoms with Gasteiger partial charge in [0, 0.05) is 36.6 Å². The lowest BCUT2D eigenvalue weighted by Crippen LogP contribution is -2.37. The Balaban J connectivity index is 2.60. The lowest BCUT2D eigenvalue weighted by atomic mass is 10.2. The third-order valence-corrected chi connectivity index (χ3v) is 4.14. The molecule has 116 valence electrons. The highest BCUT2D eigenvalue weighted by Gasteiger charge is 2.12. The standard InChI is InChI=1S/C16H23BrN2O2/c1-4-5-6-16(21)18-9-10-19(13(3)20)14-7-8-15(17)12(2)11-14/h7-8,11H,4-6,9-10H2,1-3H3,(H,18,21). The molecule has 0 bridgehead atoms. The van der Waals surface area contributed by atoms with Crippen LogP contribution in [0.2, 0.25) is 0 Å². The minimum Gasteiger partial charge on any atom is -0.354 e. The lowest BCUT2D eigenvalue weighted by molar-refractivity contribution is -0.121. The van der Waals surface area contributed by atoms with E-state index in [2.05, 4.69) is 28.2 Å². The van der Waals surface area contributed by atoms with Crippen LogP contribution in [0.5, 0.6) is 0 Å². The van der Waals surface area contributed by atoms with E-state index in [4.69, 9.17) is 0 Å². The predicted octanol–water partition coefficient (Wildman–Crippen LogP) is 3.42. The normalized spacial score (nSPS) is 10.3. The van der Waals surface area contributed by atoms with Crippen LogP contribution in [0.3, 0.4) is 0 Å². The van der Waals surface area contributed by atoms with Gasteiger partial charge in [0.05, 0.1) is 0 Å². The molecule has 5 heteroatoms. The molecule has 0 aliphatic heterocycles. The molecule has 0 unspecified atom stereocenters. The Kier molecular flexibility index (Phi) is 7.43. The summed E-state index contributed by atoms with van der Waals surface area (Å²) in [6.45, 7) is 6.53. The number of benzene rings is 1. The molecule has 1 N–H and O–H groups in total. The van der Waals surface area contributed by atoms with Crippen molar-refractivity contribution in [1.82, 2.24) is 5.32 Å². The van der Waals surface area contributed by atoms with Gasteiger partial charge in [-0.3, -0.25) is 9.59 Å². The Labute approximate surface area is 135 Å². The van der Waals surface area contributed by atoms with E-state index in [1.807, 2.05) is 25.1 Å². The maximum absolute atomic E-state index is 11.8. The van der Waals surface area contributed by atoms with Gasteiger partial charge in [-0.1, -0.05) is 29.3 Å². The number of amides is 2. The number of aryl methyl sites for hydroxylation is 1. The Bertz CT molecular complexity index is 503. The molecule has 0 aliphatic rings. The van der Waals surface area contributed by atoms with Crippen molar-refractivity contribution >= 4 is 33.4 Å². The fraction of sp³-hybridized carbons (Fsp3) is 0.500. The second kappa shape index (κ2) is 8.82. The third kappa shape index (κ3) is 5.87. The molecule has 0 fully saturated rings. The van der Waals surface area contributed by atoms with E-state index >= 15 is 0 Å². The minimum absolute atomic E-state index is 0.0282. The fourth-order valence-electron chi connectivity index (χ4n) is 2.00. The number of hydrogen-bond acceptors (Lipinski definition) is 2. The van der Waals surface area contributed by atoms with Crippen molar-refractivity contribution in [2.75, 3.05) is 18.0 Å². The highest BCUT2D eigenvalue weighted by atomic mass is 79.9. The maximum atomic E-state index is 11.8. The van der Waals surface area contributed by atoms with Gasteiger partial charge in [-0.2, -0.15) is 0 Å². The second-order valence-corrected chi connectivity index (χ2v) is 5.91. The molecule has 0 atom stereocenters. The van der Waals surface area contributed by atoms with Crippen LogP contribution >= 0.6 is 15.9 Å².